The van der Waals surface area contributed by atoms with E-state index in [2.05, 4.69) is 52.1 Å². The summed E-state index contributed by atoms with van der Waals surface area (Å²) >= 11 is 1.82. The zero-order valence-corrected chi connectivity index (χ0v) is 19.0. The Hall–Kier alpha value is -1.61. The van der Waals surface area contributed by atoms with Gasteiger partial charge in [-0.05, 0) is 38.3 Å². The third-order valence-electron chi connectivity index (χ3n) is 5.91. The molecule has 2 fully saturated rings. The monoisotopic (exact) mass is 432 g/mol. The molecular formula is C22H34N5O2S+. The van der Waals surface area contributed by atoms with Gasteiger partial charge in [0.2, 0.25) is 0 Å². The number of morpholine rings is 1. The van der Waals surface area contributed by atoms with E-state index >= 15 is 0 Å². The Kier molecular flexibility index (Phi) is 7.65. The van der Waals surface area contributed by atoms with Crippen molar-refractivity contribution < 1.29 is 14.4 Å². The van der Waals surface area contributed by atoms with Crippen molar-refractivity contribution in [2.24, 2.45) is 0 Å². The Morgan fingerprint density at radius 3 is 2.83 bits per heavy atom. The molecule has 2 aliphatic heterocycles. The van der Waals surface area contributed by atoms with Gasteiger partial charge in [0.1, 0.15) is 13.1 Å². The molecule has 2 saturated heterocycles. The highest BCUT2D eigenvalue weighted by molar-refractivity contribution is 7.99. The molecule has 1 atom stereocenters. The van der Waals surface area contributed by atoms with E-state index in [0.29, 0.717) is 6.54 Å². The average molecular weight is 433 g/mol. The van der Waals surface area contributed by atoms with Gasteiger partial charge in [-0.15, -0.1) is 10.2 Å². The lowest BCUT2D eigenvalue weighted by atomic mass is 10.1. The molecule has 0 saturated carbocycles. The summed E-state index contributed by atoms with van der Waals surface area (Å²) in [5, 5.41) is 13.6. The molecule has 0 amide bonds. The maximum atomic E-state index is 5.91. The molecule has 2 aromatic rings. The zero-order chi connectivity index (χ0) is 20.8. The fraction of sp³-hybridized carbons (Fsp3) is 0.636. The number of aromatic nitrogens is 3. The molecule has 1 aromatic heterocycles. The van der Waals surface area contributed by atoms with Crippen molar-refractivity contribution in [1.29, 1.82) is 0 Å². The quantitative estimate of drug-likeness (QED) is 0.588. The molecule has 2 aliphatic rings. The molecule has 0 spiro atoms. The minimum Gasteiger partial charge on any atom is -0.378 e. The number of ether oxygens (including phenoxy) is 2. The zero-order valence-electron chi connectivity index (χ0n) is 18.2. The third kappa shape index (κ3) is 5.75. The Labute approximate surface area is 183 Å². The van der Waals surface area contributed by atoms with E-state index in [-0.39, 0.29) is 6.10 Å². The molecule has 0 radical (unpaired) electrons. The highest BCUT2D eigenvalue weighted by Crippen LogP contribution is 2.22. The lowest BCUT2D eigenvalue weighted by molar-refractivity contribution is -0.905. The van der Waals surface area contributed by atoms with Gasteiger partial charge in [0.15, 0.2) is 11.0 Å². The molecule has 7 nitrogen and oxygen atoms in total. The van der Waals surface area contributed by atoms with Gasteiger partial charge in [-0.3, -0.25) is 0 Å². The Morgan fingerprint density at radius 1 is 1.20 bits per heavy atom. The number of aryl methyl sites for hydroxylation is 2. The van der Waals surface area contributed by atoms with E-state index in [4.69, 9.17) is 9.47 Å². The van der Waals surface area contributed by atoms with Crippen LogP contribution in [-0.4, -0.2) is 66.1 Å². The number of anilines is 1. The van der Waals surface area contributed by atoms with Gasteiger partial charge in [-0.2, -0.15) is 0 Å². The summed E-state index contributed by atoms with van der Waals surface area (Å²) in [5.74, 6) is 2.02. The predicted octanol–water partition coefficient (Wildman–Crippen LogP) is 1.69. The van der Waals surface area contributed by atoms with Crippen LogP contribution in [-0.2, 0) is 22.6 Å². The smallest absolute Gasteiger partial charge is 0.191 e. The maximum absolute atomic E-state index is 5.91. The molecule has 0 aliphatic carbocycles. The van der Waals surface area contributed by atoms with Crippen molar-refractivity contribution in [2.75, 3.05) is 50.5 Å². The summed E-state index contributed by atoms with van der Waals surface area (Å²) in [6, 6.07) is 6.49. The van der Waals surface area contributed by atoms with Crippen molar-refractivity contribution in [1.82, 2.24) is 14.8 Å². The first-order valence-corrected chi connectivity index (χ1v) is 12.1. The number of quaternary nitrogens is 1. The number of thioether (sulfide) groups is 1. The Balaban J connectivity index is 1.40. The molecule has 0 unspecified atom stereocenters. The normalized spacial score (nSPS) is 20.0. The van der Waals surface area contributed by atoms with Crippen LogP contribution in [0.2, 0.25) is 0 Å². The van der Waals surface area contributed by atoms with Gasteiger partial charge in [-0.25, -0.2) is 0 Å². The fourth-order valence-electron chi connectivity index (χ4n) is 4.11. The van der Waals surface area contributed by atoms with E-state index in [1.54, 1.807) is 4.90 Å². The number of nitrogens with one attached hydrogen (secondary N) is 2. The molecule has 4 rings (SSSR count). The van der Waals surface area contributed by atoms with Crippen LogP contribution in [0, 0.1) is 13.8 Å². The van der Waals surface area contributed by atoms with Crippen LogP contribution in [0.25, 0.3) is 0 Å². The third-order valence-corrected chi connectivity index (χ3v) is 6.88. The minimum atomic E-state index is 0.269. The van der Waals surface area contributed by atoms with E-state index in [9.17, 15) is 0 Å². The standard InChI is InChI=1S/C22H33N5O2S/c1-17-5-6-20(18(2)14-17)23-15-21-24-25-22(27(21)16-19-4-3-10-29-19)30-13-9-26-7-11-28-12-8-26/h5-6,14,19,23H,3-4,7-13,15-16H2,1-2H3/p+1/t19-/m1/s1. The van der Waals surface area contributed by atoms with Crippen molar-refractivity contribution >= 4 is 17.4 Å². The second-order valence-corrected chi connectivity index (χ2v) is 9.34. The summed E-state index contributed by atoms with van der Waals surface area (Å²) in [5.41, 5.74) is 3.68. The van der Waals surface area contributed by atoms with Gasteiger partial charge in [0, 0.05) is 12.3 Å². The van der Waals surface area contributed by atoms with Gasteiger partial charge >= 0.3 is 0 Å². The number of nitrogens with zero attached hydrogens (tertiary/aromatic N) is 3. The minimum absolute atomic E-state index is 0.269. The summed E-state index contributed by atoms with van der Waals surface area (Å²) in [4.78, 5) is 1.62. The first-order chi connectivity index (χ1) is 14.7. The molecule has 1 aromatic carbocycles. The molecular weight excluding hydrogens is 398 g/mol. The van der Waals surface area contributed by atoms with Crippen molar-refractivity contribution in [3.8, 4) is 0 Å². The summed E-state index contributed by atoms with van der Waals surface area (Å²) < 4.78 is 13.6. The largest absolute Gasteiger partial charge is 0.378 e. The van der Waals surface area contributed by atoms with Crippen molar-refractivity contribution in [2.45, 2.75) is 51.0 Å². The molecule has 3 heterocycles. The second-order valence-electron chi connectivity index (χ2n) is 8.28. The second kappa shape index (κ2) is 10.6. The number of hydrogen-bond donors (Lipinski definition) is 2. The molecule has 30 heavy (non-hydrogen) atoms. The van der Waals surface area contributed by atoms with Crippen LogP contribution in [0.5, 0.6) is 0 Å². The molecule has 164 valence electrons. The predicted molar refractivity (Wildman–Crippen MR) is 119 cm³/mol. The average Bonchev–Trinajstić information content (AvgIpc) is 3.39. The number of hydrogen-bond acceptors (Lipinski definition) is 6. The summed E-state index contributed by atoms with van der Waals surface area (Å²) in [6.07, 6.45) is 2.53. The van der Waals surface area contributed by atoms with Crippen LogP contribution in [0.1, 0.15) is 29.8 Å². The summed E-state index contributed by atoms with van der Waals surface area (Å²) in [7, 11) is 0. The molecule has 8 heteroatoms. The summed E-state index contributed by atoms with van der Waals surface area (Å²) in [6.45, 7) is 11.7. The highest BCUT2D eigenvalue weighted by atomic mass is 32.2. The number of benzene rings is 1. The van der Waals surface area contributed by atoms with E-state index in [1.807, 2.05) is 11.8 Å². The molecule has 2 N–H and O–H groups in total. The highest BCUT2D eigenvalue weighted by Gasteiger charge is 2.22. The lowest BCUT2D eigenvalue weighted by Crippen LogP contribution is -3.14. The van der Waals surface area contributed by atoms with E-state index < -0.39 is 0 Å². The van der Waals surface area contributed by atoms with E-state index in [0.717, 1.165) is 81.3 Å². The molecule has 0 bridgehead atoms. The van der Waals surface area contributed by atoms with Crippen molar-refractivity contribution in [3.63, 3.8) is 0 Å². The first kappa shape index (κ1) is 21.6. The fourth-order valence-corrected chi connectivity index (χ4v) is 5.12. The van der Waals surface area contributed by atoms with Gasteiger partial charge < -0.3 is 24.3 Å². The first-order valence-electron chi connectivity index (χ1n) is 11.1. The van der Waals surface area contributed by atoms with Crippen LogP contribution < -0.4 is 10.2 Å². The van der Waals surface area contributed by atoms with Gasteiger partial charge in [0.05, 0.1) is 44.7 Å². The van der Waals surface area contributed by atoms with Crippen LogP contribution in [0.3, 0.4) is 0 Å². The van der Waals surface area contributed by atoms with Gasteiger partial charge in [0.25, 0.3) is 0 Å². The number of rotatable bonds is 9. The maximum Gasteiger partial charge on any atom is 0.191 e. The van der Waals surface area contributed by atoms with Crippen LogP contribution >= 0.6 is 11.8 Å². The lowest BCUT2D eigenvalue weighted by Gasteiger charge is -2.23. The van der Waals surface area contributed by atoms with Crippen LogP contribution in [0.15, 0.2) is 23.4 Å². The topological polar surface area (TPSA) is 65.6 Å². The SMILES string of the molecule is Cc1ccc(NCc2nnc(SCC[NH+]3CCOCC3)n2C[C@H]2CCCO2)c(C)c1. The van der Waals surface area contributed by atoms with Crippen LogP contribution in [0.4, 0.5) is 5.69 Å². The van der Waals surface area contributed by atoms with E-state index in [1.165, 1.54) is 11.1 Å². The Morgan fingerprint density at radius 2 is 2.07 bits per heavy atom. The van der Waals surface area contributed by atoms with Crippen molar-refractivity contribution in [3.05, 3.63) is 35.2 Å². The Bertz CT molecular complexity index is 816. The van der Waals surface area contributed by atoms with Gasteiger partial charge in [-0.1, -0.05) is 29.5 Å².